The maximum atomic E-state index is 12.5. The van der Waals surface area contributed by atoms with Gasteiger partial charge in [-0.25, -0.2) is 8.42 Å². The molecular formula is C21H20N2O3S. The van der Waals surface area contributed by atoms with Crippen LogP contribution in [0.2, 0.25) is 0 Å². The molecule has 0 saturated carbocycles. The van der Waals surface area contributed by atoms with Crippen molar-refractivity contribution in [1.29, 1.82) is 0 Å². The third-order valence-electron chi connectivity index (χ3n) is 4.22. The SMILES string of the molecule is Cc1ccc(S(=O)(=O)Nc2ccc(C(=O)Nc3ccccc3)cc2)cc1C. The average Bonchev–Trinajstić information content (AvgIpc) is 2.65. The molecule has 3 aromatic rings. The third kappa shape index (κ3) is 4.54. The second kappa shape index (κ2) is 7.63. The number of amides is 1. The van der Waals surface area contributed by atoms with Crippen molar-refractivity contribution < 1.29 is 13.2 Å². The van der Waals surface area contributed by atoms with Crippen molar-refractivity contribution in [2.45, 2.75) is 18.7 Å². The Kier molecular flexibility index (Phi) is 5.28. The van der Waals surface area contributed by atoms with E-state index in [0.29, 0.717) is 16.9 Å². The molecule has 0 aliphatic carbocycles. The summed E-state index contributed by atoms with van der Waals surface area (Å²) in [6, 6.07) is 20.4. The molecule has 0 unspecified atom stereocenters. The van der Waals surface area contributed by atoms with Crippen LogP contribution in [-0.2, 0) is 10.0 Å². The molecule has 138 valence electrons. The molecule has 0 bridgehead atoms. The third-order valence-corrected chi connectivity index (χ3v) is 5.60. The molecule has 0 spiro atoms. The Balaban J connectivity index is 1.73. The van der Waals surface area contributed by atoms with Gasteiger partial charge in [0.2, 0.25) is 0 Å². The van der Waals surface area contributed by atoms with Gasteiger partial charge < -0.3 is 5.32 Å². The Morgan fingerprint density at radius 3 is 2.07 bits per heavy atom. The number of nitrogens with one attached hydrogen (secondary N) is 2. The number of rotatable bonds is 5. The van der Waals surface area contributed by atoms with E-state index in [9.17, 15) is 13.2 Å². The average molecular weight is 380 g/mol. The van der Waals surface area contributed by atoms with Crippen LogP contribution < -0.4 is 10.0 Å². The highest BCUT2D eigenvalue weighted by Crippen LogP contribution is 2.19. The largest absolute Gasteiger partial charge is 0.322 e. The second-order valence-corrected chi connectivity index (χ2v) is 7.93. The number of benzene rings is 3. The summed E-state index contributed by atoms with van der Waals surface area (Å²) in [6.45, 7) is 3.80. The monoisotopic (exact) mass is 380 g/mol. The van der Waals surface area contributed by atoms with Crippen LogP contribution in [0.15, 0.2) is 77.7 Å². The lowest BCUT2D eigenvalue weighted by atomic mass is 10.1. The first-order valence-corrected chi connectivity index (χ1v) is 9.90. The molecule has 0 heterocycles. The molecule has 3 aromatic carbocycles. The molecule has 27 heavy (non-hydrogen) atoms. The lowest BCUT2D eigenvalue weighted by Gasteiger charge is -2.10. The Bertz CT molecular complexity index is 1060. The predicted octanol–water partition coefficient (Wildman–Crippen LogP) is 4.36. The van der Waals surface area contributed by atoms with Crippen LogP contribution in [0.4, 0.5) is 11.4 Å². The molecule has 0 aliphatic heterocycles. The van der Waals surface area contributed by atoms with Gasteiger partial charge in [-0.1, -0.05) is 24.3 Å². The molecular weight excluding hydrogens is 360 g/mol. The van der Waals surface area contributed by atoms with Gasteiger partial charge >= 0.3 is 0 Å². The number of hydrogen-bond donors (Lipinski definition) is 2. The minimum atomic E-state index is -3.68. The molecule has 3 rings (SSSR count). The number of anilines is 2. The first kappa shape index (κ1) is 18.7. The van der Waals surface area contributed by atoms with Crippen LogP contribution in [0.5, 0.6) is 0 Å². The van der Waals surface area contributed by atoms with Crippen molar-refractivity contribution in [2.75, 3.05) is 10.0 Å². The zero-order valence-corrected chi connectivity index (χ0v) is 15.9. The summed E-state index contributed by atoms with van der Waals surface area (Å²) in [5, 5.41) is 2.79. The van der Waals surface area contributed by atoms with Crippen LogP contribution in [-0.4, -0.2) is 14.3 Å². The van der Waals surface area contributed by atoms with E-state index in [0.717, 1.165) is 11.1 Å². The first-order chi connectivity index (χ1) is 12.8. The van der Waals surface area contributed by atoms with Crippen LogP contribution in [0.25, 0.3) is 0 Å². The van der Waals surface area contributed by atoms with Gasteiger partial charge in [-0.3, -0.25) is 9.52 Å². The number of sulfonamides is 1. The quantitative estimate of drug-likeness (QED) is 0.691. The van der Waals surface area contributed by atoms with Crippen LogP contribution in [0, 0.1) is 13.8 Å². The van der Waals surface area contributed by atoms with Crippen LogP contribution in [0.1, 0.15) is 21.5 Å². The normalized spacial score (nSPS) is 11.0. The van der Waals surface area contributed by atoms with Gasteiger partial charge in [0.25, 0.3) is 15.9 Å². The summed E-state index contributed by atoms with van der Waals surface area (Å²) >= 11 is 0. The van der Waals surface area contributed by atoms with Crippen molar-refractivity contribution in [2.24, 2.45) is 0 Å². The Labute approximate surface area is 159 Å². The summed E-state index contributed by atoms with van der Waals surface area (Å²) in [5.41, 5.74) is 3.47. The summed E-state index contributed by atoms with van der Waals surface area (Å²) in [7, 11) is -3.68. The van der Waals surface area contributed by atoms with E-state index in [1.165, 1.54) is 0 Å². The van der Waals surface area contributed by atoms with Crippen molar-refractivity contribution in [3.63, 3.8) is 0 Å². The van der Waals surface area contributed by atoms with Gasteiger partial charge in [-0.2, -0.15) is 0 Å². The summed E-state index contributed by atoms with van der Waals surface area (Å²) in [6.07, 6.45) is 0. The van der Waals surface area contributed by atoms with Gasteiger partial charge in [0.05, 0.1) is 4.90 Å². The van der Waals surface area contributed by atoms with E-state index in [-0.39, 0.29) is 10.8 Å². The number of carbonyl (C=O) groups is 1. The topological polar surface area (TPSA) is 75.3 Å². The maximum Gasteiger partial charge on any atom is 0.261 e. The van der Waals surface area contributed by atoms with Gasteiger partial charge in [0, 0.05) is 16.9 Å². The number of carbonyl (C=O) groups excluding carboxylic acids is 1. The molecule has 2 N–H and O–H groups in total. The number of aryl methyl sites for hydroxylation is 2. The highest BCUT2D eigenvalue weighted by atomic mass is 32.2. The van der Waals surface area contributed by atoms with E-state index in [1.54, 1.807) is 54.6 Å². The molecule has 5 nitrogen and oxygen atoms in total. The number of para-hydroxylation sites is 1. The molecule has 0 radical (unpaired) electrons. The predicted molar refractivity (Wildman–Crippen MR) is 108 cm³/mol. The van der Waals surface area contributed by atoms with Crippen LogP contribution in [0.3, 0.4) is 0 Å². The maximum absolute atomic E-state index is 12.5. The van der Waals surface area contributed by atoms with Crippen LogP contribution >= 0.6 is 0 Å². The minimum Gasteiger partial charge on any atom is -0.322 e. The van der Waals surface area contributed by atoms with E-state index < -0.39 is 10.0 Å². The molecule has 1 amide bonds. The molecule has 0 saturated heterocycles. The fraction of sp³-hybridized carbons (Fsp3) is 0.0952. The minimum absolute atomic E-state index is 0.205. The van der Waals surface area contributed by atoms with Gasteiger partial charge in [-0.05, 0) is 73.5 Å². The summed E-state index contributed by atoms with van der Waals surface area (Å²) < 4.78 is 27.6. The Morgan fingerprint density at radius 2 is 1.44 bits per heavy atom. The lowest BCUT2D eigenvalue weighted by Crippen LogP contribution is -2.14. The second-order valence-electron chi connectivity index (χ2n) is 6.25. The molecule has 0 aromatic heterocycles. The number of hydrogen-bond acceptors (Lipinski definition) is 3. The molecule has 0 atom stereocenters. The van der Waals surface area contributed by atoms with Gasteiger partial charge in [-0.15, -0.1) is 0 Å². The fourth-order valence-corrected chi connectivity index (χ4v) is 3.65. The Morgan fingerprint density at radius 1 is 0.778 bits per heavy atom. The van der Waals surface area contributed by atoms with Crippen molar-refractivity contribution >= 4 is 27.3 Å². The van der Waals surface area contributed by atoms with E-state index in [2.05, 4.69) is 10.0 Å². The summed E-state index contributed by atoms with van der Waals surface area (Å²) in [5.74, 6) is -0.259. The van der Waals surface area contributed by atoms with Crippen molar-refractivity contribution in [1.82, 2.24) is 0 Å². The van der Waals surface area contributed by atoms with Gasteiger partial charge in [0.15, 0.2) is 0 Å². The Hall–Kier alpha value is -3.12. The van der Waals surface area contributed by atoms with E-state index in [4.69, 9.17) is 0 Å². The summed E-state index contributed by atoms with van der Waals surface area (Å²) in [4.78, 5) is 12.5. The fourth-order valence-electron chi connectivity index (χ4n) is 2.51. The zero-order chi connectivity index (χ0) is 19.4. The van der Waals surface area contributed by atoms with Crippen molar-refractivity contribution in [3.8, 4) is 0 Å². The van der Waals surface area contributed by atoms with E-state index in [1.807, 2.05) is 32.0 Å². The molecule has 0 aliphatic rings. The van der Waals surface area contributed by atoms with Gasteiger partial charge in [0.1, 0.15) is 0 Å². The molecule has 0 fully saturated rings. The molecule has 6 heteroatoms. The highest BCUT2D eigenvalue weighted by Gasteiger charge is 2.15. The standard InChI is InChI=1S/C21H20N2O3S/c1-15-8-13-20(14-16(15)2)27(25,26)23-19-11-9-17(10-12-19)21(24)22-18-6-4-3-5-7-18/h3-14,23H,1-2H3,(H,22,24). The highest BCUT2D eigenvalue weighted by molar-refractivity contribution is 7.92. The zero-order valence-electron chi connectivity index (χ0n) is 15.1. The smallest absolute Gasteiger partial charge is 0.261 e. The van der Waals surface area contributed by atoms with Crippen molar-refractivity contribution in [3.05, 3.63) is 89.5 Å². The first-order valence-electron chi connectivity index (χ1n) is 8.42. The lowest BCUT2D eigenvalue weighted by molar-refractivity contribution is 0.102. The van der Waals surface area contributed by atoms with E-state index >= 15 is 0 Å².